The SMILES string of the molecule is CCCN(CCC)C(=O)c1nc2sc3c(c2c(=O)[nH]1)CCC3. The normalized spacial score (nSPS) is 13.5. The van der Waals surface area contributed by atoms with Crippen molar-refractivity contribution in [3.05, 3.63) is 26.6 Å². The Morgan fingerprint density at radius 2 is 2.00 bits per heavy atom. The van der Waals surface area contributed by atoms with Crippen LogP contribution in [0.5, 0.6) is 0 Å². The Labute approximate surface area is 133 Å². The van der Waals surface area contributed by atoms with Crippen LogP contribution < -0.4 is 5.56 Å². The molecule has 2 aromatic heterocycles. The molecule has 5 nitrogen and oxygen atoms in total. The number of hydrogen-bond donors (Lipinski definition) is 1. The van der Waals surface area contributed by atoms with Gasteiger partial charge in [0.2, 0.25) is 5.82 Å². The molecule has 0 radical (unpaired) electrons. The molecule has 0 unspecified atom stereocenters. The number of aromatic amines is 1. The second-order valence-corrected chi connectivity index (χ2v) is 6.83. The van der Waals surface area contributed by atoms with Gasteiger partial charge in [-0.05, 0) is 37.7 Å². The Morgan fingerprint density at radius 1 is 1.27 bits per heavy atom. The summed E-state index contributed by atoms with van der Waals surface area (Å²) in [5.41, 5.74) is 0.979. The molecule has 2 aromatic rings. The second kappa shape index (κ2) is 6.20. The fourth-order valence-electron chi connectivity index (χ4n) is 3.11. The van der Waals surface area contributed by atoms with Crippen molar-refractivity contribution in [2.24, 2.45) is 0 Å². The summed E-state index contributed by atoms with van der Waals surface area (Å²) in [5, 5.41) is 0.701. The number of carbonyl (C=O) groups excluding carboxylic acids is 1. The van der Waals surface area contributed by atoms with Crippen molar-refractivity contribution in [1.82, 2.24) is 14.9 Å². The minimum Gasteiger partial charge on any atom is -0.336 e. The van der Waals surface area contributed by atoms with Gasteiger partial charge in [-0.3, -0.25) is 9.59 Å². The third kappa shape index (κ3) is 2.56. The summed E-state index contributed by atoms with van der Waals surface area (Å²) in [6.07, 6.45) is 4.87. The summed E-state index contributed by atoms with van der Waals surface area (Å²) in [6, 6.07) is 0. The van der Waals surface area contributed by atoms with Crippen molar-refractivity contribution in [1.29, 1.82) is 0 Å². The molecule has 1 aliphatic carbocycles. The number of aromatic nitrogens is 2. The van der Waals surface area contributed by atoms with Crippen LogP contribution in [0.3, 0.4) is 0 Å². The first-order chi connectivity index (χ1) is 10.7. The molecule has 22 heavy (non-hydrogen) atoms. The highest BCUT2D eigenvalue weighted by Crippen LogP contribution is 2.34. The van der Waals surface area contributed by atoms with Gasteiger partial charge >= 0.3 is 0 Å². The van der Waals surface area contributed by atoms with Crippen LogP contribution in [0.15, 0.2) is 4.79 Å². The van der Waals surface area contributed by atoms with E-state index in [0.717, 1.165) is 37.7 Å². The van der Waals surface area contributed by atoms with E-state index in [1.54, 1.807) is 16.2 Å². The minimum absolute atomic E-state index is 0.166. The maximum absolute atomic E-state index is 12.6. The average molecular weight is 319 g/mol. The molecule has 1 amide bonds. The summed E-state index contributed by atoms with van der Waals surface area (Å²) in [6.45, 7) is 5.46. The Bertz CT molecular complexity index is 757. The first-order valence-electron chi connectivity index (χ1n) is 7.99. The summed E-state index contributed by atoms with van der Waals surface area (Å²) >= 11 is 1.57. The van der Waals surface area contributed by atoms with Crippen molar-refractivity contribution < 1.29 is 4.79 Å². The van der Waals surface area contributed by atoms with Gasteiger partial charge in [-0.1, -0.05) is 13.8 Å². The average Bonchev–Trinajstić information content (AvgIpc) is 3.06. The first-order valence-corrected chi connectivity index (χ1v) is 8.81. The lowest BCUT2D eigenvalue weighted by Gasteiger charge is -2.20. The molecule has 2 heterocycles. The molecule has 0 atom stereocenters. The minimum atomic E-state index is -0.170. The van der Waals surface area contributed by atoms with Gasteiger partial charge in [-0.15, -0.1) is 11.3 Å². The van der Waals surface area contributed by atoms with E-state index >= 15 is 0 Å². The molecule has 1 N–H and O–H groups in total. The highest BCUT2D eigenvalue weighted by atomic mass is 32.1. The molecule has 3 rings (SSSR count). The third-order valence-electron chi connectivity index (χ3n) is 4.05. The van der Waals surface area contributed by atoms with Gasteiger partial charge in [0.25, 0.3) is 11.5 Å². The lowest BCUT2D eigenvalue weighted by molar-refractivity contribution is 0.0743. The molecule has 6 heteroatoms. The number of fused-ring (bicyclic) bond motifs is 3. The molecule has 0 spiro atoms. The van der Waals surface area contributed by atoms with E-state index in [9.17, 15) is 9.59 Å². The zero-order valence-corrected chi connectivity index (χ0v) is 13.9. The number of hydrogen-bond acceptors (Lipinski definition) is 4. The monoisotopic (exact) mass is 319 g/mol. The van der Waals surface area contributed by atoms with Gasteiger partial charge < -0.3 is 9.88 Å². The van der Waals surface area contributed by atoms with Gasteiger partial charge in [0.05, 0.1) is 5.39 Å². The van der Waals surface area contributed by atoms with E-state index in [-0.39, 0.29) is 17.3 Å². The van der Waals surface area contributed by atoms with E-state index in [1.807, 2.05) is 13.8 Å². The number of rotatable bonds is 5. The predicted molar refractivity (Wildman–Crippen MR) is 88.8 cm³/mol. The maximum Gasteiger partial charge on any atom is 0.289 e. The zero-order valence-electron chi connectivity index (χ0n) is 13.1. The number of nitrogens with zero attached hydrogens (tertiary/aromatic N) is 2. The Kier molecular flexibility index (Phi) is 4.29. The van der Waals surface area contributed by atoms with Crippen molar-refractivity contribution in [3.63, 3.8) is 0 Å². The number of thiophene rings is 1. The Balaban J connectivity index is 2.01. The van der Waals surface area contributed by atoms with Crippen molar-refractivity contribution in [2.45, 2.75) is 46.0 Å². The molecular formula is C16H21N3O2S. The van der Waals surface area contributed by atoms with Gasteiger partial charge in [-0.2, -0.15) is 0 Å². The van der Waals surface area contributed by atoms with Crippen LogP contribution in [0.1, 0.15) is 54.2 Å². The topological polar surface area (TPSA) is 66.1 Å². The largest absolute Gasteiger partial charge is 0.336 e. The number of H-pyrrole nitrogens is 1. The molecule has 0 saturated heterocycles. The van der Waals surface area contributed by atoms with E-state index < -0.39 is 0 Å². The third-order valence-corrected chi connectivity index (χ3v) is 5.24. The van der Waals surface area contributed by atoms with Gasteiger partial charge in [-0.25, -0.2) is 4.98 Å². The molecule has 0 aliphatic heterocycles. The standard InChI is InChI=1S/C16H21N3O2S/c1-3-8-19(9-4-2)16(21)13-17-14(20)12-10-6-5-7-11(10)22-15(12)18-13/h3-9H2,1-2H3,(H,17,18,20). The molecule has 1 aliphatic rings. The summed E-state index contributed by atoms with van der Waals surface area (Å²) in [5.74, 6) is 0.00980. The Morgan fingerprint density at radius 3 is 2.68 bits per heavy atom. The van der Waals surface area contributed by atoms with Crippen LogP contribution in [0, 0.1) is 0 Å². The first kappa shape index (κ1) is 15.2. The highest BCUT2D eigenvalue weighted by molar-refractivity contribution is 7.18. The summed E-state index contributed by atoms with van der Waals surface area (Å²) < 4.78 is 0. The summed E-state index contributed by atoms with van der Waals surface area (Å²) in [7, 11) is 0. The van der Waals surface area contributed by atoms with E-state index in [4.69, 9.17) is 0 Å². The second-order valence-electron chi connectivity index (χ2n) is 5.74. The van der Waals surface area contributed by atoms with E-state index in [2.05, 4.69) is 9.97 Å². The lowest BCUT2D eigenvalue weighted by Crippen LogP contribution is -2.34. The van der Waals surface area contributed by atoms with Crippen molar-refractivity contribution in [3.8, 4) is 0 Å². The number of amides is 1. The number of carbonyl (C=O) groups is 1. The van der Waals surface area contributed by atoms with Gasteiger partial charge in [0.15, 0.2) is 0 Å². The van der Waals surface area contributed by atoms with Crippen LogP contribution in [-0.4, -0.2) is 33.9 Å². The van der Waals surface area contributed by atoms with Crippen LogP contribution in [0.4, 0.5) is 0 Å². The van der Waals surface area contributed by atoms with Crippen LogP contribution in [0.2, 0.25) is 0 Å². The highest BCUT2D eigenvalue weighted by Gasteiger charge is 2.23. The van der Waals surface area contributed by atoms with Gasteiger partial charge in [0.1, 0.15) is 4.83 Å². The molecule has 0 aromatic carbocycles. The molecular weight excluding hydrogens is 298 g/mol. The Hall–Kier alpha value is -1.69. The number of nitrogens with one attached hydrogen (secondary N) is 1. The maximum atomic E-state index is 12.6. The van der Waals surface area contributed by atoms with Crippen LogP contribution in [0.25, 0.3) is 10.2 Å². The van der Waals surface area contributed by atoms with Crippen LogP contribution >= 0.6 is 11.3 Å². The molecule has 0 saturated carbocycles. The fraction of sp³-hybridized carbons (Fsp3) is 0.562. The van der Waals surface area contributed by atoms with Crippen LogP contribution in [-0.2, 0) is 12.8 Å². The fourth-order valence-corrected chi connectivity index (χ4v) is 4.37. The van der Waals surface area contributed by atoms with E-state index in [1.165, 1.54) is 4.88 Å². The molecule has 0 fully saturated rings. The van der Waals surface area contributed by atoms with Crippen molar-refractivity contribution in [2.75, 3.05) is 13.1 Å². The molecule has 0 bridgehead atoms. The zero-order chi connectivity index (χ0) is 15.7. The molecule has 118 valence electrons. The number of aryl methyl sites for hydroxylation is 2. The van der Waals surface area contributed by atoms with Gasteiger partial charge in [0, 0.05) is 18.0 Å². The quantitative estimate of drug-likeness (QED) is 0.921. The van der Waals surface area contributed by atoms with Crippen molar-refractivity contribution >= 4 is 27.5 Å². The predicted octanol–water partition coefficient (Wildman–Crippen LogP) is 2.74. The lowest BCUT2D eigenvalue weighted by atomic mass is 10.2. The smallest absolute Gasteiger partial charge is 0.289 e. The summed E-state index contributed by atoms with van der Waals surface area (Å²) in [4.78, 5) is 35.9. The van der Waals surface area contributed by atoms with E-state index in [0.29, 0.717) is 23.3 Å².